The van der Waals surface area contributed by atoms with E-state index in [4.69, 9.17) is 4.74 Å². The summed E-state index contributed by atoms with van der Waals surface area (Å²) in [6.45, 7) is 0. The molecule has 2 heteroatoms. The molecule has 0 aliphatic heterocycles. The molecule has 0 radical (unpaired) electrons. The van der Waals surface area contributed by atoms with Crippen molar-refractivity contribution in [2.45, 2.75) is 38.2 Å². The summed E-state index contributed by atoms with van der Waals surface area (Å²) in [5, 5.41) is 0. The quantitative estimate of drug-likeness (QED) is 0.617. The van der Waals surface area contributed by atoms with Crippen LogP contribution in [0.3, 0.4) is 0 Å². The molecule has 0 saturated heterocycles. The lowest BCUT2D eigenvalue weighted by molar-refractivity contribution is -0.115. The molecule has 2 atom stereocenters. The Balaban J connectivity index is 2.21. The Hall–Kier alpha value is -0.630. The standard InChI is InChI=1S/C11H16O2/c1-13-11-4-2-3-8-5-6-9(12)7-10(8)11/h7-8,11H,2-6H2,1H3. The average molecular weight is 180 g/mol. The van der Waals surface area contributed by atoms with Gasteiger partial charge in [-0.3, -0.25) is 4.79 Å². The molecule has 0 aromatic rings. The first kappa shape index (κ1) is 8.95. The van der Waals surface area contributed by atoms with Crippen molar-refractivity contribution in [3.05, 3.63) is 11.6 Å². The van der Waals surface area contributed by atoms with E-state index in [0.717, 1.165) is 19.3 Å². The molecule has 2 rings (SSSR count). The van der Waals surface area contributed by atoms with Gasteiger partial charge in [0.05, 0.1) is 6.10 Å². The van der Waals surface area contributed by atoms with Gasteiger partial charge in [-0.15, -0.1) is 0 Å². The van der Waals surface area contributed by atoms with Gasteiger partial charge in [-0.05, 0) is 43.3 Å². The third kappa shape index (κ3) is 1.68. The third-order valence-corrected chi connectivity index (χ3v) is 3.21. The van der Waals surface area contributed by atoms with Crippen LogP contribution in [0.1, 0.15) is 32.1 Å². The fourth-order valence-electron chi connectivity index (χ4n) is 2.50. The number of rotatable bonds is 1. The Morgan fingerprint density at radius 3 is 3.00 bits per heavy atom. The summed E-state index contributed by atoms with van der Waals surface area (Å²) in [5.74, 6) is 0.923. The second-order valence-electron chi connectivity index (χ2n) is 4.00. The second-order valence-corrected chi connectivity index (χ2v) is 4.00. The minimum absolute atomic E-state index is 0.225. The van der Waals surface area contributed by atoms with Crippen LogP contribution in [0.25, 0.3) is 0 Å². The van der Waals surface area contributed by atoms with E-state index in [9.17, 15) is 4.79 Å². The van der Waals surface area contributed by atoms with Crippen molar-refractivity contribution < 1.29 is 9.53 Å². The van der Waals surface area contributed by atoms with Gasteiger partial charge in [0, 0.05) is 13.5 Å². The molecular weight excluding hydrogens is 164 g/mol. The Kier molecular flexibility index (Phi) is 2.49. The lowest BCUT2D eigenvalue weighted by atomic mass is 9.76. The summed E-state index contributed by atoms with van der Waals surface area (Å²) in [5.41, 5.74) is 1.27. The van der Waals surface area contributed by atoms with E-state index < -0.39 is 0 Å². The van der Waals surface area contributed by atoms with E-state index in [0.29, 0.717) is 5.92 Å². The number of ether oxygens (including phenoxy) is 1. The summed E-state index contributed by atoms with van der Waals surface area (Å²) in [7, 11) is 1.74. The van der Waals surface area contributed by atoms with Crippen LogP contribution >= 0.6 is 0 Å². The third-order valence-electron chi connectivity index (χ3n) is 3.21. The Morgan fingerprint density at radius 2 is 2.23 bits per heavy atom. The molecule has 0 amide bonds. The van der Waals surface area contributed by atoms with Crippen LogP contribution in [-0.2, 0) is 9.53 Å². The molecule has 2 aliphatic rings. The number of hydrogen-bond acceptors (Lipinski definition) is 2. The van der Waals surface area contributed by atoms with Crippen molar-refractivity contribution >= 4 is 5.78 Å². The van der Waals surface area contributed by atoms with Gasteiger partial charge in [-0.1, -0.05) is 0 Å². The number of allylic oxidation sites excluding steroid dienone is 1. The fraction of sp³-hybridized carbons (Fsp3) is 0.727. The highest BCUT2D eigenvalue weighted by Crippen LogP contribution is 2.36. The number of ketones is 1. The van der Waals surface area contributed by atoms with Crippen molar-refractivity contribution in [2.75, 3.05) is 7.11 Å². The highest BCUT2D eigenvalue weighted by Gasteiger charge is 2.30. The van der Waals surface area contributed by atoms with Gasteiger partial charge in [-0.25, -0.2) is 0 Å². The molecule has 1 saturated carbocycles. The zero-order chi connectivity index (χ0) is 9.26. The maximum atomic E-state index is 11.2. The van der Waals surface area contributed by atoms with Gasteiger partial charge in [0.2, 0.25) is 0 Å². The van der Waals surface area contributed by atoms with Crippen LogP contribution < -0.4 is 0 Å². The number of carbonyl (C=O) groups is 1. The van der Waals surface area contributed by atoms with Crippen molar-refractivity contribution in [2.24, 2.45) is 5.92 Å². The number of fused-ring (bicyclic) bond motifs is 1. The Bertz CT molecular complexity index is 242. The second kappa shape index (κ2) is 3.62. The Labute approximate surface area is 79.0 Å². The van der Waals surface area contributed by atoms with E-state index in [1.807, 2.05) is 6.08 Å². The molecular formula is C11H16O2. The van der Waals surface area contributed by atoms with E-state index in [-0.39, 0.29) is 11.9 Å². The summed E-state index contributed by atoms with van der Waals surface area (Å²) >= 11 is 0. The smallest absolute Gasteiger partial charge is 0.155 e. The van der Waals surface area contributed by atoms with Crippen LogP contribution in [-0.4, -0.2) is 19.0 Å². The molecule has 13 heavy (non-hydrogen) atoms. The van der Waals surface area contributed by atoms with Crippen molar-refractivity contribution in [1.82, 2.24) is 0 Å². The van der Waals surface area contributed by atoms with Gasteiger partial charge in [0.15, 0.2) is 5.78 Å². The number of methoxy groups -OCH3 is 1. The predicted octanol–water partition coefficient (Wildman–Crippen LogP) is 2.09. The van der Waals surface area contributed by atoms with Crippen LogP contribution in [0.15, 0.2) is 11.6 Å². The maximum Gasteiger partial charge on any atom is 0.155 e. The average Bonchev–Trinajstić information content (AvgIpc) is 2.17. The molecule has 0 N–H and O–H groups in total. The summed E-state index contributed by atoms with van der Waals surface area (Å²) in [6.07, 6.45) is 7.43. The van der Waals surface area contributed by atoms with Crippen molar-refractivity contribution in [1.29, 1.82) is 0 Å². The van der Waals surface area contributed by atoms with Crippen LogP contribution in [0.5, 0.6) is 0 Å². The lowest BCUT2D eigenvalue weighted by Gasteiger charge is -2.33. The minimum Gasteiger partial charge on any atom is -0.377 e. The van der Waals surface area contributed by atoms with E-state index in [1.165, 1.54) is 18.4 Å². The number of hydrogen-bond donors (Lipinski definition) is 0. The van der Waals surface area contributed by atoms with E-state index in [2.05, 4.69) is 0 Å². The van der Waals surface area contributed by atoms with Gasteiger partial charge >= 0.3 is 0 Å². The van der Waals surface area contributed by atoms with Crippen LogP contribution in [0.4, 0.5) is 0 Å². The normalized spacial score (nSPS) is 33.9. The molecule has 0 aromatic heterocycles. The fourth-order valence-corrected chi connectivity index (χ4v) is 2.50. The van der Waals surface area contributed by atoms with Gasteiger partial charge in [0.1, 0.15) is 0 Å². The van der Waals surface area contributed by atoms with Gasteiger partial charge < -0.3 is 4.74 Å². The van der Waals surface area contributed by atoms with Gasteiger partial charge in [0.25, 0.3) is 0 Å². The van der Waals surface area contributed by atoms with E-state index >= 15 is 0 Å². The zero-order valence-corrected chi connectivity index (χ0v) is 8.08. The topological polar surface area (TPSA) is 26.3 Å². The molecule has 72 valence electrons. The molecule has 2 aliphatic carbocycles. The SMILES string of the molecule is COC1CCCC2CCC(=O)C=C21. The molecule has 0 bridgehead atoms. The van der Waals surface area contributed by atoms with Gasteiger partial charge in [-0.2, -0.15) is 0 Å². The molecule has 2 unspecified atom stereocenters. The molecule has 2 nitrogen and oxygen atoms in total. The lowest BCUT2D eigenvalue weighted by Crippen LogP contribution is -2.29. The predicted molar refractivity (Wildman–Crippen MR) is 50.5 cm³/mol. The molecule has 0 aromatic carbocycles. The highest BCUT2D eigenvalue weighted by atomic mass is 16.5. The first-order valence-electron chi connectivity index (χ1n) is 5.08. The molecule has 1 fully saturated rings. The van der Waals surface area contributed by atoms with E-state index in [1.54, 1.807) is 7.11 Å². The molecule has 0 heterocycles. The minimum atomic E-state index is 0.225. The summed E-state index contributed by atoms with van der Waals surface area (Å²) < 4.78 is 5.39. The van der Waals surface area contributed by atoms with Crippen molar-refractivity contribution in [3.8, 4) is 0 Å². The number of carbonyl (C=O) groups excluding carboxylic acids is 1. The first-order chi connectivity index (χ1) is 6.31. The Morgan fingerprint density at radius 1 is 1.38 bits per heavy atom. The van der Waals surface area contributed by atoms with Crippen molar-refractivity contribution in [3.63, 3.8) is 0 Å². The largest absolute Gasteiger partial charge is 0.377 e. The maximum absolute atomic E-state index is 11.2. The monoisotopic (exact) mass is 180 g/mol. The summed E-state index contributed by atoms with van der Waals surface area (Å²) in [4.78, 5) is 11.2. The first-order valence-corrected chi connectivity index (χ1v) is 5.08. The molecule has 0 spiro atoms. The highest BCUT2D eigenvalue weighted by molar-refractivity contribution is 5.91. The van der Waals surface area contributed by atoms with Crippen LogP contribution in [0, 0.1) is 5.92 Å². The van der Waals surface area contributed by atoms with Crippen LogP contribution in [0.2, 0.25) is 0 Å². The summed E-state index contributed by atoms with van der Waals surface area (Å²) in [6, 6.07) is 0. The zero-order valence-electron chi connectivity index (χ0n) is 8.08.